The van der Waals surface area contributed by atoms with Crippen LogP contribution < -0.4 is 5.73 Å². The molecule has 6 heteroatoms. The van der Waals surface area contributed by atoms with Crippen LogP contribution >= 0.6 is 0 Å². The Balaban J connectivity index is 1.31. The van der Waals surface area contributed by atoms with Crippen molar-refractivity contribution in [1.29, 1.82) is 0 Å². The van der Waals surface area contributed by atoms with Crippen LogP contribution in [0.1, 0.15) is 42.0 Å². The van der Waals surface area contributed by atoms with E-state index in [1.807, 2.05) is 12.1 Å². The minimum Gasteiger partial charge on any atom is -0.368 e. The van der Waals surface area contributed by atoms with E-state index in [9.17, 15) is 4.79 Å². The van der Waals surface area contributed by atoms with Gasteiger partial charge in [-0.05, 0) is 17.5 Å². The van der Waals surface area contributed by atoms with E-state index in [4.69, 9.17) is 15.2 Å². The van der Waals surface area contributed by atoms with Crippen molar-refractivity contribution in [2.24, 2.45) is 5.73 Å². The molecule has 2 aromatic rings. The van der Waals surface area contributed by atoms with Gasteiger partial charge in [0.1, 0.15) is 0 Å². The highest BCUT2D eigenvalue weighted by Crippen LogP contribution is 2.45. The van der Waals surface area contributed by atoms with Gasteiger partial charge in [-0.15, -0.1) is 0 Å². The van der Waals surface area contributed by atoms with Crippen LogP contribution in [0.3, 0.4) is 0 Å². The van der Waals surface area contributed by atoms with Crippen molar-refractivity contribution in [3.63, 3.8) is 0 Å². The molecule has 0 radical (unpaired) electrons. The lowest BCUT2D eigenvalue weighted by Gasteiger charge is -2.39. The first-order valence-electron chi connectivity index (χ1n) is 12.1. The number of fused-ring (bicyclic) bond motifs is 4. The van der Waals surface area contributed by atoms with Gasteiger partial charge < -0.3 is 15.2 Å². The van der Waals surface area contributed by atoms with Crippen molar-refractivity contribution >= 4 is 18.1 Å². The highest BCUT2D eigenvalue weighted by atomic mass is 16.7. The Morgan fingerprint density at radius 1 is 1.03 bits per heavy atom. The summed E-state index contributed by atoms with van der Waals surface area (Å²) in [6.07, 6.45) is 6.05. The first-order chi connectivity index (χ1) is 16.1. The fourth-order valence-corrected chi connectivity index (χ4v) is 5.42. The van der Waals surface area contributed by atoms with E-state index in [0.29, 0.717) is 6.61 Å². The fourth-order valence-electron chi connectivity index (χ4n) is 5.42. The van der Waals surface area contributed by atoms with Gasteiger partial charge in [-0.25, -0.2) is 0 Å². The number of primary amides is 1. The zero-order valence-corrected chi connectivity index (χ0v) is 19.3. The molecular weight excluding hydrogens is 414 g/mol. The minimum absolute atomic E-state index is 0.0293. The zero-order chi connectivity index (χ0) is 22.8. The average molecular weight is 448 g/mol. The van der Waals surface area contributed by atoms with Crippen LogP contribution in [0.2, 0.25) is 0 Å². The van der Waals surface area contributed by atoms with Crippen LogP contribution in [0.25, 0.3) is 12.2 Å². The molecule has 3 aliphatic rings. The van der Waals surface area contributed by atoms with Gasteiger partial charge in [0.25, 0.3) is 0 Å². The molecule has 0 saturated carbocycles. The third-order valence-corrected chi connectivity index (χ3v) is 7.08. The molecule has 1 spiro atoms. The summed E-state index contributed by atoms with van der Waals surface area (Å²) >= 11 is 0. The molecule has 2 saturated heterocycles. The van der Waals surface area contributed by atoms with Crippen molar-refractivity contribution in [3.8, 4) is 0 Å². The Hall–Kier alpha value is -2.51. The van der Waals surface area contributed by atoms with Crippen molar-refractivity contribution in [3.05, 3.63) is 70.8 Å². The molecule has 1 aliphatic carbocycles. The van der Waals surface area contributed by atoms with Crippen molar-refractivity contribution in [1.82, 2.24) is 9.80 Å². The van der Waals surface area contributed by atoms with Gasteiger partial charge in [-0.1, -0.05) is 74.0 Å². The van der Waals surface area contributed by atoms with Gasteiger partial charge in [0, 0.05) is 43.9 Å². The van der Waals surface area contributed by atoms with Crippen LogP contribution in [0, 0.1) is 0 Å². The van der Waals surface area contributed by atoms with Crippen LogP contribution in [0.15, 0.2) is 48.5 Å². The number of nitrogens with zero attached hydrogens (tertiary/aromatic N) is 2. The maximum Gasteiger partial charge on any atom is 0.234 e. The summed E-state index contributed by atoms with van der Waals surface area (Å²) in [7, 11) is 0. The van der Waals surface area contributed by atoms with Crippen LogP contribution in [0.5, 0.6) is 0 Å². The van der Waals surface area contributed by atoms with Crippen LogP contribution in [-0.2, 0) is 20.1 Å². The second-order valence-electron chi connectivity index (χ2n) is 9.22. The van der Waals surface area contributed by atoms with Crippen molar-refractivity contribution < 1.29 is 14.3 Å². The molecule has 2 aromatic carbocycles. The van der Waals surface area contributed by atoms with Gasteiger partial charge in [0.2, 0.25) is 11.7 Å². The number of hydrogen-bond acceptors (Lipinski definition) is 5. The number of hydrogen-bond donors (Lipinski definition) is 1. The monoisotopic (exact) mass is 447 g/mol. The Labute approximate surface area is 196 Å². The van der Waals surface area contributed by atoms with E-state index in [2.05, 4.69) is 65.3 Å². The van der Waals surface area contributed by atoms with E-state index < -0.39 is 5.79 Å². The first-order valence-corrected chi connectivity index (χ1v) is 12.1. The summed E-state index contributed by atoms with van der Waals surface area (Å²) in [5.41, 5.74) is 10.0. The third kappa shape index (κ3) is 4.24. The Bertz CT molecular complexity index is 979. The molecule has 33 heavy (non-hydrogen) atoms. The lowest BCUT2D eigenvalue weighted by atomic mass is 9.93. The number of rotatable bonds is 6. The van der Waals surface area contributed by atoms with Crippen LogP contribution in [-0.4, -0.2) is 67.2 Å². The number of carbonyl (C=O) groups is 1. The Morgan fingerprint density at radius 3 is 2.21 bits per heavy atom. The van der Waals surface area contributed by atoms with E-state index >= 15 is 0 Å². The lowest BCUT2D eigenvalue weighted by molar-refractivity contribution is -0.145. The summed E-state index contributed by atoms with van der Waals surface area (Å²) in [5, 5.41) is 0. The minimum atomic E-state index is -0.888. The largest absolute Gasteiger partial charge is 0.368 e. The summed E-state index contributed by atoms with van der Waals surface area (Å²) in [5.74, 6) is -1.10. The molecule has 0 bridgehead atoms. The molecule has 2 fully saturated rings. The van der Waals surface area contributed by atoms with E-state index in [0.717, 1.165) is 67.8 Å². The number of nitrogens with two attached hydrogens (primary N) is 1. The predicted molar refractivity (Wildman–Crippen MR) is 129 cm³/mol. The molecule has 2 aliphatic heterocycles. The summed E-state index contributed by atoms with van der Waals surface area (Å²) < 4.78 is 13.3. The SMILES string of the molecule is CCCC(C(N)=O)N1CCN(CC2COC3(O2)c2ccccc2C=Cc2ccccc23)CC1. The molecule has 0 aromatic heterocycles. The number of carbonyl (C=O) groups excluding carboxylic acids is 1. The van der Waals surface area contributed by atoms with E-state index in [-0.39, 0.29) is 18.1 Å². The highest BCUT2D eigenvalue weighted by Gasteiger charge is 2.48. The maximum absolute atomic E-state index is 11.9. The number of piperazine rings is 1. The summed E-state index contributed by atoms with van der Waals surface area (Å²) in [4.78, 5) is 16.5. The standard InChI is InChI=1S/C27H33N3O3/c1-2-7-25(26(28)31)30-16-14-29(15-17-30)18-22-19-32-27(33-22)23-10-5-3-8-20(23)12-13-21-9-4-6-11-24(21)27/h3-6,8-13,22,25H,2,7,14-19H2,1H3,(H2,28,31). The molecule has 2 N–H and O–H groups in total. The van der Waals surface area contributed by atoms with Gasteiger partial charge in [0.15, 0.2) is 0 Å². The molecule has 5 rings (SSSR count). The predicted octanol–water partition coefficient (Wildman–Crippen LogP) is 3.06. The quantitative estimate of drug-likeness (QED) is 0.737. The Kier molecular flexibility index (Phi) is 6.34. The van der Waals surface area contributed by atoms with Crippen LogP contribution in [0.4, 0.5) is 0 Å². The average Bonchev–Trinajstić information content (AvgIpc) is 3.20. The molecule has 2 atom stereocenters. The molecule has 2 heterocycles. The number of ether oxygens (including phenoxy) is 2. The van der Waals surface area contributed by atoms with Gasteiger partial charge >= 0.3 is 0 Å². The summed E-state index contributed by atoms with van der Waals surface area (Å²) in [6, 6.07) is 16.5. The number of amides is 1. The second-order valence-corrected chi connectivity index (χ2v) is 9.22. The highest BCUT2D eigenvalue weighted by molar-refractivity contribution is 5.79. The molecule has 174 valence electrons. The van der Waals surface area contributed by atoms with Gasteiger partial charge in [-0.2, -0.15) is 0 Å². The fraction of sp³-hybridized carbons (Fsp3) is 0.444. The normalized spacial score (nSPS) is 23.1. The topological polar surface area (TPSA) is 68.0 Å². The first kappa shape index (κ1) is 22.3. The lowest BCUT2D eigenvalue weighted by Crippen LogP contribution is -2.55. The maximum atomic E-state index is 11.9. The second kappa shape index (κ2) is 9.39. The molecule has 6 nitrogen and oxygen atoms in total. The van der Waals surface area contributed by atoms with Crippen molar-refractivity contribution in [2.75, 3.05) is 39.3 Å². The van der Waals surface area contributed by atoms with E-state index in [1.165, 1.54) is 0 Å². The molecular formula is C27H33N3O3. The van der Waals surface area contributed by atoms with Gasteiger partial charge in [0.05, 0.1) is 18.8 Å². The molecule has 2 unspecified atom stereocenters. The summed E-state index contributed by atoms with van der Waals surface area (Å²) in [6.45, 7) is 6.94. The van der Waals surface area contributed by atoms with E-state index in [1.54, 1.807) is 0 Å². The molecule has 1 amide bonds. The Morgan fingerprint density at radius 2 is 1.64 bits per heavy atom. The zero-order valence-electron chi connectivity index (χ0n) is 19.3. The third-order valence-electron chi connectivity index (χ3n) is 7.08. The number of benzene rings is 2. The van der Waals surface area contributed by atoms with Gasteiger partial charge in [-0.3, -0.25) is 14.6 Å². The van der Waals surface area contributed by atoms with Crippen molar-refractivity contribution in [2.45, 2.75) is 37.7 Å². The smallest absolute Gasteiger partial charge is 0.234 e.